The van der Waals surface area contributed by atoms with E-state index >= 15 is 0 Å². The fourth-order valence-corrected chi connectivity index (χ4v) is 10.6. The molecule has 0 unspecified atom stereocenters. The summed E-state index contributed by atoms with van der Waals surface area (Å²) in [5.74, 6) is 0.724. The third-order valence-corrected chi connectivity index (χ3v) is 13.9. The van der Waals surface area contributed by atoms with Gasteiger partial charge in [0.25, 0.3) is 0 Å². The second-order valence-corrected chi connectivity index (χ2v) is 18.0. The minimum Gasteiger partial charge on any atom is -0.456 e. The van der Waals surface area contributed by atoms with Gasteiger partial charge >= 0.3 is 0 Å². The molecule has 0 saturated heterocycles. The maximum absolute atomic E-state index is 6.90. The van der Waals surface area contributed by atoms with Crippen LogP contribution >= 0.6 is 0 Å². The van der Waals surface area contributed by atoms with E-state index in [9.17, 15) is 0 Å². The molecule has 0 radical (unpaired) electrons. The number of aromatic nitrogens is 1. The van der Waals surface area contributed by atoms with Crippen LogP contribution in [0.1, 0.15) is 0 Å². The molecule has 0 N–H and O–H groups in total. The zero-order valence-corrected chi connectivity index (χ0v) is 36.9. The molecular weight excluding hydrogens is 847 g/mol. The lowest BCUT2D eigenvalue weighted by atomic mass is 10.0. The second-order valence-electron chi connectivity index (χ2n) is 18.0. The number of pyridine rings is 1. The fourth-order valence-electron chi connectivity index (χ4n) is 10.6. The van der Waals surface area contributed by atoms with Gasteiger partial charge in [-0.1, -0.05) is 97.1 Å². The predicted octanol–water partition coefficient (Wildman–Crippen LogP) is 18.3. The normalized spacial score (nSPS) is 12.1. The third kappa shape index (κ3) is 6.02. The van der Waals surface area contributed by atoms with E-state index in [1.54, 1.807) is 0 Å². The summed E-state index contributed by atoms with van der Waals surface area (Å²) in [7, 11) is 0. The van der Waals surface area contributed by atoms with Gasteiger partial charge in [-0.25, -0.2) is 4.98 Å². The molecule has 0 aliphatic heterocycles. The molecule has 11 aromatic carbocycles. The molecule has 4 heterocycles. The van der Waals surface area contributed by atoms with Gasteiger partial charge in [-0.3, -0.25) is 4.90 Å². The Morgan fingerprint density at radius 1 is 0.246 bits per heavy atom. The molecule has 15 aromatic rings. The van der Waals surface area contributed by atoms with E-state index in [1.165, 1.54) is 32.3 Å². The van der Waals surface area contributed by atoms with Gasteiger partial charge in [0.05, 0.1) is 5.69 Å². The van der Waals surface area contributed by atoms with Gasteiger partial charge in [-0.05, 0) is 140 Å². The Labute approximate surface area is 394 Å². The average Bonchev–Trinajstić information content (AvgIpc) is 4.08. The topological polar surface area (TPSA) is 58.8 Å². The van der Waals surface area contributed by atoms with Crippen molar-refractivity contribution in [3.05, 3.63) is 225 Å². The van der Waals surface area contributed by atoms with Crippen LogP contribution in [0.4, 0.5) is 34.3 Å². The number of furan rings is 3. The monoisotopic (exact) mass is 883 g/mol. The molecule has 0 spiro atoms. The first-order chi connectivity index (χ1) is 34.1. The molecule has 0 fully saturated rings. The van der Waals surface area contributed by atoms with Crippen molar-refractivity contribution in [1.82, 2.24) is 4.98 Å². The van der Waals surface area contributed by atoms with Crippen molar-refractivity contribution in [3.63, 3.8) is 0 Å². The molecule has 322 valence electrons. The summed E-state index contributed by atoms with van der Waals surface area (Å²) in [6.07, 6.45) is 1.94. The smallest absolute Gasteiger partial charge is 0.141 e. The predicted molar refractivity (Wildman–Crippen MR) is 285 cm³/mol. The Morgan fingerprint density at radius 3 is 1.12 bits per heavy atom. The van der Waals surface area contributed by atoms with E-state index in [2.05, 4.69) is 204 Å². The van der Waals surface area contributed by atoms with Gasteiger partial charge in [0.15, 0.2) is 0 Å². The van der Waals surface area contributed by atoms with Crippen LogP contribution in [0.5, 0.6) is 0 Å². The first-order valence-electron chi connectivity index (χ1n) is 23.2. The first kappa shape index (κ1) is 37.8. The minimum atomic E-state index is 0.724. The number of hydrogen-bond donors (Lipinski definition) is 0. The Morgan fingerprint density at radius 2 is 0.594 bits per heavy atom. The summed E-state index contributed by atoms with van der Waals surface area (Å²) in [6.45, 7) is 0. The molecule has 0 aliphatic carbocycles. The second kappa shape index (κ2) is 14.6. The lowest BCUT2D eigenvalue weighted by molar-refractivity contribution is 0.668. The van der Waals surface area contributed by atoms with Crippen molar-refractivity contribution in [1.29, 1.82) is 0 Å². The molecule has 0 atom stereocenters. The maximum Gasteiger partial charge on any atom is 0.141 e. The number of nitrogens with zero attached hydrogens (tertiary/aromatic N) is 3. The quantitative estimate of drug-likeness (QED) is 0.155. The molecule has 0 bridgehead atoms. The van der Waals surface area contributed by atoms with Crippen molar-refractivity contribution >= 4 is 143 Å². The van der Waals surface area contributed by atoms with Crippen molar-refractivity contribution in [2.24, 2.45) is 0 Å². The Balaban J connectivity index is 0.887. The molecule has 0 aliphatic rings. The molecular formula is C63H37N3O3. The highest BCUT2D eigenvalue weighted by Crippen LogP contribution is 2.44. The number of fused-ring (bicyclic) bond motifs is 13. The summed E-state index contributed by atoms with van der Waals surface area (Å²) in [4.78, 5) is 9.68. The minimum absolute atomic E-state index is 0.724. The third-order valence-electron chi connectivity index (χ3n) is 13.9. The van der Waals surface area contributed by atoms with E-state index in [0.717, 1.165) is 111 Å². The van der Waals surface area contributed by atoms with Crippen LogP contribution in [0.25, 0.3) is 109 Å². The van der Waals surface area contributed by atoms with Crippen LogP contribution in [0.15, 0.2) is 238 Å². The first-order valence-corrected chi connectivity index (χ1v) is 23.2. The SMILES string of the molecule is c1ccc2cc3cc(N(c4ccc5c(c4)oc4ccccc45)c4ccc5c(c4)oc4cc(N(c6ccc7cc8ccccc8cc7c6)c6ccc7c(c6)oc6ccccc67)ncc45)ccc3cc2c1. The lowest BCUT2D eigenvalue weighted by Gasteiger charge is -2.26. The highest BCUT2D eigenvalue weighted by molar-refractivity contribution is 6.10. The van der Waals surface area contributed by atoms with Gasteiger partial charge in [0.1, 0.15) is 39.3 Å². The summed E-state index contributed by atoms with van der Waals surface area (Å²) in [5, 5.41) is 15.8. The molecule has 0 saturated carbocycles. The van der Waals surface area contributed by atoms with E-state index in [0.29, 0.717) is 0 Å². The maximum atomic E-state index is 6.90. The number of rotatable bonds is 6. The van der Waals surface area contributed by atoms with Crippen molar-refractivity contribution < 1.29 is 13.3 Å². The zero-order chi connectivity index (χ0) is 45.2. The number of hydrogen-bond acceptors (Lipinski definition) is 6. The molecule has 69 heavy (non-hydrogen) atoms. The molecule has 0 amide bonds. The van der Waals surface area contributed by atoms with E-state index in [-0.39, 0.29) is 0 Å². The molecule has 6 nitrogen and oxygen atoms in total. The van der Waals surface area contributed by atoms with Gasteiger partial charge in [-0.2, -0.15) is 0 Å². The van der Waals surface area contributed by atoms with Crippen LogP contribution in [0.3, 0.4) is 0 Å². The van der Waals surface area contributed by atoms with Crippen LogP contribution in [0.2, 0.25) is 0 Å². The van der Waals surface area contributed by atoms with Crippen molar-refractivity contribution in [3.8, 4) is 0 Å². The van der Waals surface area contributed by atoms with Crippen molar-refractivity contribution in [2.75, 3.05) is 9.80 Å². The van der Waals surface area contributed by atoms with E-state index in [4.69, 9.17) is 18.2 Å². The van der Waals surface area contributed by atoms with Gasteiger partial charge in [-0.15, -0.1) is 0 Å². The molecule has 15 rings (SSSR count). The van der Waals surface area contributed by atoms with Crippen LogP contribution in [-0.4, -0.2) is 4.98 Å². The summed E-state index contributed by atoms with van der Waals surface area (Å²) in [5.41, 5.74) is 9.71. The van der Waals surface area contributed by atoms with Gasteiger partial charge < -0.3 is 18.2 Å². The fraction of sp³-hybridized carbons (Fsp3) is 0. The largest absolute Gasteiger partial charge is 0.456 e. The molecule has 6 heteroatoms. The van der Waals surface area contributed by atoms with Gasteiger partial charge in [0, 0.05) is 85.5 Å². The van der Waals surface area contributed by atoms with Crippen LogP contribution in [-0.2, 0) is 0 Å². The van der Waals surface area contributed by atoms with E-state index in [1.807, 2.05) is 30.5 Å². The standard InChI is InChI=1S/C63H37N3O3/c1-3-11-40-29-44-31-46(19-17-42(44)27-38(40)9-1)65(48-21-24-53-51-13-5-7-15-57(51)67-59(53)33-48)49-22-26-55-56-37-64-63(36-62(56)69-61(55)34-49)66(50-23-25-54-52-14-6-8-16-58(52)68-60(54)35-50)47-20-18-43-28-39-10-2-4-12-41(39)30-45(43)32-47/h1-37H. The number of benzene rings is 11. The van der Waals surface area contributed by atoms with Gasteiger partial charge in [0.2, 0.25) is 0 Å². The Kier molecular flexibility index (Phi) is 7.97. The summed E-state index contributed by atoms with van der Waals surface area (Å²) >= 11 is 0. The summed E-state index contributed by atoms with van der Waals surface area (Å²) in [6, 6.07) is 77.2. The van der Waals surface area contributed by atoms with Crippen LogP contribution in [0, 0.1) is 0 Å². The van der Waals surface area contributed by atoms with Crippen LogP contribution < -0.4 is 9.80 Å². The van der Waals surface area contributed by atoms with E-state index < -0.39 is 0 Å². The lowest BCUT2D eigenvalue weighted by Crippen LogP contribution is -2.11. The number of para-hydroxylation sites is 2. The van der Waals surface area contributed by atoms with Crippen molar-refractivity contribution in [2.45, 2.75) is 0 Å². The highest BCUT2D eigenvalue weighted by atomic mass is 16.3. The average molecular weight is 884 g/mol. The Bertz CT molecular complexity index is 4310. The number of anilines is 6. The molecule has 4 aromatic heterocycles. The highest BCUT2D eigenvalue weighted by Gasteiger charge is 2.22. The zero-order valence-electron chi connectivity index (χ0n) is 36.9. The summed E-state index contributed by atoms with van der Waals surface area (Å²) < 4.78 is 19.8. The Hall–Kier alpha value is -9.39.